The number of aromatic hydroxyl groups is 2. The van der Waals surface area contributed by atoms with Crippen LogP contribution in [0.2, 0.25) is 0 Å². The summed E-state index contributed by atoms with van der Waals surface area (Å²) in [6.07, 6.45) is 4.26. The molecule has 0 fully saturated rings. The van der Waals surface area contributed by atoms with Gasteiger partial charge in [0.25, 0.3) is 0 Å². The summed E-state index contributed by atoms with van der Waals surface area (Å²) in [6, 6.07) is 11.3. The number of hydrogen-bond donors (Lipinski definition) is 2. The summed E-state index contributed by atoms with van der Waals surface area (Å²) in [5, 5.41) is 37.6. The molecule has 1 radical (unpaired) electrons. The number of carbonyl (C=O) groups is 2. The molecule has 2 N–H and O–H groups in total. The number of nitrogens with zero attached hydrogens (tertiary/aromatic N) is 2. The minimum Gasteiger partial charge on any atom is -0.550 e. The van der Waals surface area contributed by atoms with E-state index in [1.807, 2.05) is 24.3 Å². The minimum atomic E-state index is -1.08. The van der Waals surface area contributed by atoms with Crippen LogP contribution in [0, 0.1) is 0 Å². The molecule has 9 heteroatoms. The molecule has 0 aliphatic heterocycles. The van der Waals surface area contributed by atoms with Crippen molar-refractivity contribution in [3.8, 4) is 11.5 Å². The standard InChI is InChI=1S/C23H30N2O2.2C2H4O2.Co/c1-16(2)18-6-8-22(26)20(12-18)14-24-10-5-11-25-15-21-13-19(17(3)4)7-9-23(21)27;2*1-2(3)4;/h6-9,12-17,26-27H,5,10-11H2,1-4H3;2*1H3,(H,3,4);/q;;;+2/p-2. The molecular weight excluding hydrogens is 507 g/mol. The molecule has 0 saturated heterocycles. The zero-order valence-electron chi connectivity index (χ0n) is 21.7. The number of carboxylic acids is 2. The van der Waals surface area contributed by atoms with Gasteiger partial charge in [0.1, 0.15) is 11.5 Å². The average Bonchev–Trinajstić information content (AvgIpc) is 2.74. The number of aliphatic imine (C=N–C) groups is 2. The minimum absolute atomic E-state index is 0. The van der Waals surface area contributed by atoms with Crippen molar-refractivity contribution in [1.82, 2.24) is 0 Å². The first kappa shape index (κ1) is 35.0. The van der Waals surface area contributed by atoms with Gasteiger partial charge in [-0.25, -0.2) is 0 Å². The maximum absolute atomic E-state index is 9.93. The van der Waals surface area contributed by atoms with Crippen molar-refractivity contribution in [2.24, 2.45) is 9.98 Å². The maximum atomic E-state index is 9.93. The predicted molar refractivity (Wildman–Crippen MR) is 135 cm³/mol. The van der Waals surface area contributed by atoms with E-state index in [4.69, 9.17) is 19.8 Å². The molecule has 0 saturated carbocycles. The normalized spacial score (nSPS) is 10.4. The molecular formula is C27H36CoN2O6. The third-order valence-electron chi connectivity index (χ3n) is 4.47. The fourth-order valence-corrected chi connectivity index (χ4v) is 2.65. The van der Waals surface area contributed by atoms with E-state index >= 15 is 0 Å². The van der Waals surface area contributed by atoms with Crippen molar-refractivity contribution in [2.75, 3.05) is 13.1 Å². The number of benzene rings is 2. The fourth-order valence-electron chi connectivity index (χ4n) is 2.65. The smallest absolute Gasteiger partial charge is 0.550 e. The topological polar surface area (TPSA) is 145 Å². The van der Waals surface area contributed by atoms with E-state index < -0.39 is 11.9 Å². The van der Waals surface area contributed by atoms with E-state index in [1.54, 1.807) is 24.6 Å². The summed E-state index contributed by atoms with van der Waals surface area (Å²) in [4.78, 5) is 26.6. The Morgan fingerprint density at radius 2 is 1.08 bits per heavy atom. The molecule has 0 atom stereocenters. The molecule has 0 amide bonds. The van der Waals surface area contributed by atoms with Gasteiger partial charge in [-0.1, -0.05) is 39.8 Å². The van der Waals surface area contributed by atoms with Gasteiger partial charge in [-0.2, -0.15) is 0 Å². The molecule has 2 aromatic rings. The molecule has 0 unspecified atom stereocenters. The van der Waals surface area contributed by atoms with Gasteiger partial charge in [0.15, 0.2) is 0 Å². The predicted octanol–water partition coefficient (Wildman–Crippen LogP) is 2.78. The van der Waals surface area contributed by atoms with Crippen molar-refractivity contribution in [2.45, 2.75) is 59.8 Å². The van der Waals surface area contributed by atoms with Gasteiger partial charge in [-0.15, -0.1) is 0 Å². The Balaban J connectivity index is 0. The fraction of sp³-hybridized carbons (Fsp3) is 0.407. The van der Waals surface area contributed by atoms with Crippen LogP contribution in [0.3, 0.4) is 0 Å². The van der Waals surface area contributed by atoms with E-state index in [-0.39, 0.29) is 28.3 Å². The third kappa shape index (κ3) is 16.5. The van der Waals surface area contributed by atoms with Crippen molar-refractivity contribution in [3.05, 3.63) is 58.7 Å². The van der Waals surface area contributed by atoms with E-state index in [0.717, 1.165) is 31.4 Å². The Labute approximate surface area is 224 Å². The second-order valence-corrected chi connectivity index (χ2v) is 8.35. The van der Waals surface area contributed by atoms with Crippen LogP contribution in [0.4, 0.5) is 0 Å². The number of phenolic OH excluding ortho intramolecular Hbond substituents is 2. The van der Waals surface area contributed by atoms with Gasteiger partial charge >= 0.3 is 16.8 Å². The SMILES string of the molecule is CC(=O)[O-].CC(=O)[O-].CC(C)c1ccc(O)c(C=NCCCN=Cc2cc(C(C)C)ccc2O)c1.[Co+2]. The van der Waals surface area contributed by atoms with E-state index in [1.165, 1.54) is 11.1 Å². The summed E-state index contributed by atoms with van der Waals surface area (Å²) in [6.45, 7) is 11.7. The largest absolute Gasteiger partial charge is 2.00 e. The number of rotatable bonds is 8. The first-order valence-electron chi connectivity index (χ1n) is 11.4. The molecule has 8 nitrogen and oxygen atoms in total. The molecule has 2 rings (SSSR count). The number of aliphatic carboxylic acids is 2. The molecule has 199 valence electrons. The Kier molecular flexibility index (Phi) is 18.5. The second kappa shape index (κ2) is 19.1. The van der Waals surface area contributed by atoms with Crippen LogP contribution in [-0.4, -0.2) is 47.7 Å². The molecule has 0 spiro atoms. The van der Waals surface area contributed by atoms with Crippen LogP contribution in [-0.2, 0) is 26.4 Å². The Morgan fingerprint density at radius 1 is 0.778 bits per heavy atom. The first-order chi connectivity index (χ1) is 16.3. The van der Waals surface area contributed by atoms with Crippen molar-refractivity contribution < 1.29 is 46.8 Å². The van der Waals surface area contributed by atoms with Crippen molar-refractivity contribution >= 4 is 24.4 Å². The summed E-state index contributed by atoms with van der Waals surface area (Å²) in [5.41, 5.74) is 3.87. The van der Waals surface area contributed by atoms with Crippen LogP contribution in [0.15, 0.2) is 46.4 Å². The Hall–Kier alpha value is -3.17. The number of carbonyl (C=O) groups excluding carboxylic acids is 2. The maximum Gasteiger partial charge on any atom is 2.00 e. The van der Waals surface area contributed by atoms with Gasteiger partial charge < -0.3 is 30.0 Å². The quantitative estimate of drug-likeness (QED) is 0.387. The van der Waals surface area contributed by atoms with Gasteiger partial charge in [0.05, 0.1) is 0 Å². The van der Waals surface area contributed by atoms with Crippen molar-refractivity contribution in [1.29, 1.82) is 0 Å². The molecule has 0 aliphatic rings. The van der Waals surface area contributed by atoms with E-state index in [2.05, 4.69) is 37.7 Å². The number of phenols is 2. The van der Waals surface area contributed by atoms with Crippen LogP contribution in [0.25, 0.3) is 0 Å². The molecule has 0 aliphatic carbocycles. The summed E-state index contributed by atoms with van der Waals surface area (Å²) >= 11 is 0. The Bertz CT molecular complexity index is 916. The van der Waals surface area contributed by atoms with Gasteiger partial charge in [0, 0.05) is 48.6 Å². The first-order valence-corrected chi connectivity index (χ1v) is 11.4. The van der Waals surface area contributed by atoms with Crippen LogP contribution in [0.5, 0.6) is 11.5 Å². The summed E-state index contributed by atoms with van der Waals surface area (Å²) in [5.74, 6) is -0.834. The molecule has 0 bridgehead atoms. The van der Waals surface area contributed by atoms with E-state index in [0.29, 0.717) is 24.9 Å². The van der Waals surface area contributed by atoms with Gasteiger partial charge in [-0.05, 0) is 67.5 Å². The van der Waals surface area contributed by atoms with Crippen LogP contribution in [0.1, 0.15) is 82.1 Å². The Morgan fingerprint density at radius 3 is 1.36 bits per heavy atom. The molecule has 0 aromatic heterocycles. The monoisotopic (exact) mass is 543 g/mol. The average molecular weight is 544 g/mol. The molecule has 0 heterocycles. The van der Waals surface area contributed by atoms with Gasteiger partial charge in [-0.3, -0.25) is 9.98 Å². The summed E-state index contributed by atoms with van der Waals surface area (Å²) < 4.78 is 0. The van der Waals surface area contributed by atoms with E-state index in [9.17, 15) is 10.2 Å². The molecule has 36 heavy (non-hydrogen) atoms. The number of hydrogen-bond acceptors (Lipinski definition) is 8. The zero-order chi connectivity index (χ0) is 27.0. The third-order valence-corrected chi connectivity index (χ3v) is 4.47. The summed E-state index contributed by atoms with van der Waals surface area (Å²) in [7, 11) is 0. The molecule has 2 aromatic carbocycles. The van der Waals surface area contributed by atoms with Crippen LogP contribution < -0.4 is 10.2 Å². The number of carboxylic acid groups (broad SMARTS) is 2. The van der Waals surface area contributed by atoms with Crippen LogP contribution >= 0.6 is 0 Å². The van der Waals surface area contributed by atoms with Crippen molar-refractivity contribution in [3.63, 3.8) is 0 Å². The second-order valence-electron chi connectivity index (χ2n) is 8.35. The zero-order valence-corrected chi connectivity index (χ0v) is 22.7. The van der Waals surface area contributed by atoms with Gasteiger partial charge in [0.2, 0.25) is 0 Å².